The van der Waals surface area contributed by atoms with E-state index in [1.165, 1.54) is 0 Å². The second-order valence-corrected chi connectivity index (χ2v) is 2.69. The van der Waals surface area contributed by atoms with Crippen LogP contribution in [0.4, 0.5) is 5.69 Å². The average molecular weight is 180 g/mol. The van der Waals surface area contributed by atoms with Gasteiger partial charge in [-0.3, -0.25) is 0 Å². The van der Waals surface area contributed by atoms with Crippen LogP contribution in [0.2, 0.25) is 5.02 Å². The van der Waals surface area contributed by atoms with Gasteiger partial charge in [-0.05, 0) is 5.56 Å². The maximum absolute atomic E-state index is 10.2. The molecule has 0 N–H and O–H groups in total. The minimum atomic E-state index is 0.248. The summed E-state index contributed by atoms with van der Waals surface area (Å²) in [5.41, 5.74) is 1.18. The van der Waals surface area contributed by atoms with Crippen molar-refractivity contribution in [3.63, 3.8) is 0 Å². The number of rotatable bonds is 2. The van der Waals surface area contributed by atoms with E-state index in [2.05, 4.69) is 4.85 Å². The molecule has 0 aliphatic carbocycles. The first-order valence-corrected chi connectivity index (χ1v) is 3.75. The predicted molar refractivity (Wildman–Crippen MR) is 47.5 cm³/mol. The van der Waals surface area contributed by atoms with Gasteiger partial charge < -0.3 is 4.79 Å². The van der Waals surface area contributed by atoms with E-state index in [1.54, 1.807) is 18.2 Å². The molecule has 12 heavy (non-hydrogen) atoms. The van der Waals surface area contributed by atoms with Crippen molar-refractivity contribution in [2.75, 3.05) is 0 Å². The molecule has 0 aromatic heterocycles. The molecule has 0 atom stereocenters. The monoisotopic (exact) mass is 179 g/mol. The summed E-state index contributed by atoms with van der Waals surface area (Å²) in [4.78, 5) is 13.5. The zero-order valence-corrected chi connectivity index (χ0v) is 7.01. The third-order valence-electron chi connectivity index (χ3n) is 1.47. The number of carbonyl (C=O) groups excluding carboxylic acids is 1. The summed E-state index contributed by atoms with van der Waals surface area (Å²) >= 11 is 5.69. The van der Waals surface area contributed by atoms with Gasteiger partial charge in [0.25, 0.3) is 0 Å². The molecule has 1 aromatic rings. The highest BCUT2D eigenvalue weighted by Gasteiger charge is 2.01. The lowest BCUT2D eigenvalue weighted by Crippen LogP contribution is -1.85. The first kappa shape index (κ1) is 8.76. The Morgan fingerprint density at radius 1 is 1.58 bits per heavy atom. The first-order valence-electron chi connectivity index (χ1n) is 3.37. The smallest absolute Gasteiger partial charge is 0.190 e. The van der Waals surface area contributed by atoms with Crippen LogP contribution in [0.15, 0.2) is 18.2 Å². The van der Waals surface area contributed by atoms with Crippen molar-refractivity contribution in [2.45, 2.75) is 6.42 Å². The van der Waals surface area contributed by atoms with Gasteiger partial charge in [-0.25, -0.2) is 4.85 Å². The summed E-state index contributed by atoms with van der Waals surface area (Å²) in [5, 5.41) is 0.555. The van der Waals surface area contributed by atoms with Gasteiger partial charge in [0.05, 0.1) is 6.57 Å². The van der Waals surface area contributed by atoms with Crippen LogP contribution in [0.25, 0.3) is 4.85 Å². The normalized spacial score (nSPS) is 9.00. The van der Waals surface area contributed by atoms with Crippen LogP contribution in [-0.2, 0) is 11.2 Å². The van der Waals surface area contributed by atoms with Crippen LogP contribution in [0.1, 0.15) is 5.56 Å². The van der Waals surface area contributed by atoms with Crippen LogP contribution in [-0.4, -0.2) is 6.29 Å². The summed E-state index contributed by atoms with van der Waals surface area (Å²) in [6, 6.07) is 4.90. The van der Waals surface area contributed by atoms with Crippen LogP contribution in [0, 0.1) is 6.57 Å². The highest BCUT2D eigenvalue weighted by Crippen LogP contribution is 2.22. The maximum Gasteiger partial charge on any atom is 0.190 e. The molecule has 1 aromatic carbocycles. The van der Waals surface area contributed by atoms with Gasteiger partial charge >= 0.3 is 0 Å². The van der Waals surface area contributed by atoms with Crippen molar-refractivity contribution in [3.05, 3.63) is 40.2 Å². The molecule has 0 saturated carbocycles. The molecular weight excluding hydrogens is 174 g/mol. The molecule has 0 aliphatic heterocycles. The zero-order chi connectivity index (χ0) is 8.97. The number of hydrogen-bond donors (Lipinski definition) is 0. The van der Waals surface area contributed by atoms with Gasteiger partial charge in [0.15, 0.2) is 5.69 Å². The van der Waals surface area contributed by atoms with Crippen molar-refractivity contribution in [1.29, 1.82) is 0 Å². The predicted octanol–water partition coefficient (Wildman–Crippen LogP) is 2.63. The lowest BCUT2D eigenvalue weighted by Gasteiger charge is -1.98. The van der Waals surface area contributed by atoms with Crippen LogP contribution < -0.4 is 0 Å². The van der Waals surface area contributed by atoms with Gasteiger partial charge in [-0.1, -0.05) is 29.8 Å². The van der Waals surface area contributed by atoms with Crippen molar-refractivity contribution in [2.24, 2.45) is 0 Å². The molecule has 0 heterocycles. The molecule has 0 aliphatic rings. The fourth-order valence-electron chi connectivity index (χ4n) is 0.916. The number of aldehydes is 1. The Morgan fingerprint density at radius 3 is 2.92 bits per heavy atom. The fourth-order valence-corrected chi connectivity index (χ4v) is 1.11. The van der Waals surface area contributed by atoms with Crippen LogP contribution in [0.5, 0.6) is 0 Å². The Hall–Kier alpha value is -1.33. The Morgan fingerprint density at radius 2 is 2.33 bits per heavy atom. The van der Waals surface area contributed by atoms with Gasteiger partial charge in [0, 0.05) is 11.4 Å². The molecule has 0 radical (unpaired) electrons. The van der Waals surface area contributed by atoms with E-state index < -0.39 is 0 Å². The third-order valence-corrected chi connectivity index (χ3v) is 1.70. The summed E-state index contributed by atoms with van der Waals surface area (Å²) in [6.45, 7) is 6.80. The summed E-state index contributed by atoms with van der Waals surface area (Å²) < 4.78 is 0. The Kier molecular flexibility index (Phi) is 2.84. The molecule has 0 amide bonds. The molecule has 60 valence electrons. The second kappa shape index (κ2) is 3.89. The van der Waals surface area contributed by atoms with E-state index >= 15 is 0 Å². The minimum Gasteiger partial charge on any atom is -0.303 e. The minimum absolute atomic E-state index is 0.248. The second-order valence-electron chi connectivity index (χ2n) is 2.26. The van der Waals surface area contributed by atoms with Gasteiger partial charge in [0.2, 0.25) is 0 Å². The van der Waals surface area contributed by atoms with Crippen molar-refractivity contribution in [3.8, 4) is 0 Å². The number of benzene rings is 1. The first-order chi connectivity index (χ1) is 5.77. The summed E-state index contributed by atoms with van der Waals surface area (Å²) in [5.74, 6) is 0. The van der Waals surface area contributed by atoms with E-state index in [0.29, 0.717) is 16.3 Å². The Balaban J connectivity index is 3.14. The van der Waals surface area contributed by atoms with Gasteiger partial charge in [-0.15, -0.1) is 0 Å². The highest BCUT2D eigenvalue weighted by molar-refractivity contribution is 6.30. The van der Waals surface area contributed by atoms with E-state index in [0.717, 1.165) is 6.29 Å². The lowest BCUT2D eigenvalue weighted by molar-refractivity contribution is -0.107. The van der Waals surface area contributed by atoms with E-state index in [-0.39, 0.29) is 6.42 Å². The molecule has 0 fully saturated rings. The maximum atomic E-state index is 10.2. The molecule has 0 unspecified atom stereocenters. The SMILES string of the molecule is [C-]#[N+]c1ccc(Cl)cc1CC=O. The number of nitrogens with zero attached hydrogens (tertiary/aromatic N) is 1. The quantitative estimate of drug-likeness (QED) is 0.505. The largest absolute Gasteiger partial charge is 0.303 e. The molecule has 0 saturated heterocycles. The van der Waals surface area contributed by atoms with Crippen molar-refractivity contribution < 1.29 is 4.79 Å². The highest BCUT2D eigenvalue weighted by atomic mass is 35.5. The molecule has 2 nitrogen and oxygen atoms in total. The number of hydrogen-bond acceptors (Lipinski definition) is 1. The fraction of sp³-hybridized carbons (Fsp3) is 0.111. The Labute approximate surface area is 75.6 Å². The Bertz CT molecular complexity index is 341. The molecule has 0 bridgehead atoms. The standard InChI is InChI=1S/C9H6ClNO/c1-11-9-3-2-8(10)6-7(9)4-5-12/h2-3,5-6H,4H2. The average Bonchev–Trinajstić information content (AvgIpc) is 2.05. The van der Waals surface area contributed by atoms with Crippen molar-refractivity contribution >= 4 is 23.6 Å². The topological polar surface area (TPSA) is 21.4 Å². The van der Waals surface area contributed by atoms with E-state index in [4.69, 9.17) is 18.2 Å². The zero-order valence-electron chi connectivity index (χ0n) is 6.25. The molecule has 1 rings (SSSR count). The van der Waals surface area contributed by atoms with Crippen molar-refractivity contribution in [1.82, 2.24) is 0 Å². The lowest BCUT2D eigenvalue weighted by atomic mass is 10.1. The molecule has 0 spiro atoms. The third kappa shape index (κ3) is 1.84. The summed E-state index contributed by atoms with van der Waals surface area (Å²) in [6.07, 6.45) is 1.01. The van der Waals surface area contributed by atoms with Gasteiger partial charge in [-0.2, -0.15) is 0 Å². The number of carbonyl (C=O) groups is 1. The van der Waals surface area contributed by atoms with Crippen LogP contribution >= 0.6 is 11.6 Å². The molecule has 3 heteroatoms. The van der Waals surface area contributed by atoms with E-state index in [9.17, 15) is 4.79 Å². The molecular formula is C9H6ClNO. The van der Waals surface area contributed by atoms with Crippen LogP contribution in [0.3, 0.4) is 0 Å². The van der Waals surface area contributed by atoms with Gasteiger partial charge in [0.1, 0.15) is 6.29 Å². The summed E-state index contributed by atoms with van der Waals surface area (Å²) in [7, 11) is 0. The number of halogens is 1. The van der Waals surface area contributed by atoms with E-state index in [1.807, 2.05) is 0 Å².